The molecule has 0 amide bonds. The summed E-state index contributed by atoms with van der Waals surface area (Å²) in [6.07, 6.45) is 1.90. The van der Waals surface area contributed by atoms with Gasteiger partial charge in [-0.05, 0) is 36.4 Å². The highest BCUT2D eigenvalue weighted by atomic mass is 15.0. The van der Waals surface area contributed by atoms with Crippen molar-refractivity contribution in [1.82, 2.24) is 9.38 Å². The predicted molar refractivity (Wildman–Crippen MR) is 69.8 cm³/mol. The predicted octanol–water partition coefficient (Wildman–Crippen LogP) is 2.46. The summed E-state index contributed by atoms with van der Waals surface area (Å²) >= 11 is 0. The number of benzene rings is 1. The minimum Gasteiger partial charge on any atom is -0.399 e. The Kier molecular flexibility index (Phi) is 2.24. The summed E-state index contributed by atoms with van der Waals surface area (Å²) in [5, 5.41) is 9.09. The van der Waals surface area contributed by atoms with Gasteiger partial charge in [-0.3, -0.25) is 4.40 Å². The standard InChI is InChI=1S/C14H10N4/c15-9-12-13-3-1-2-8-18(13)14(17-12)10-4-6-11(16)7-5-10/h1-8H,16H2. The van der Waals surface area contributed by atoms with Crippen LogP contribution in [0, 0.1) is 11.3 Å². The highest BCUT2D eigenvalue weighted by molar-refractivity contribution is 5.69. The molecule has 0 spiro atoms. The van der Waals surface area contributed by atoms with Gasteiger partial charge in [0, 0.05) is 17.4 Å². The van der Waals surface area contributed by atoms with Crippen LogP contribution in [0.5, 0.6) is 0 Å². The van der Waals surface area contributed by atoms with Crippen molar-refractivity contribution in [2.24, 2.45) is 0 Å². The molecule has 1 aromatic carbocycles. The Morgan fingerprint density at radius 3 is 2.61 bits per heavy atom. The summed E-state index contributed by atoms with van der Waals surface area (Å²) < 4.78 is 1.91. The Balaban J connectivity index is 2.30. The number of nitrogens with two attached hydrogens (primary N) is 1. The molecule has 0 aliphatic rings. The minimum absolute atomic E-state index is 0.433. The molecule has 0 bridgehead atoms. The van der Waals surface area contributed by atoms with Gasteiger partial charge in [0.1, 0.15) is 11.9 Å². The van der Waals surface area contributed by atoms with E-state index in [1.807, 2.05) is 53.1 Å². The maximum atomic E-state index is 9.09. The first-order valence-electron chi connectivity index (χ1n) is 5.52. The maximum absolute atomic E-state index is 9.09. The van der Waals surface area contributed by atoms with Crippen molar-refractivity contribution in [3.63, 3.8) is 0 Å². The van der Waals surface area contributed by atoms with Crippen molar-refractivity contribution >= 4 is 11.2 Å². The molecule has 0 fully saturated rings. The molecule has 0 unspecified atom stereocenters. The highest BCUT2D eigenvalue weighted by Crippen LogP contribution is 2.23. The zero-order valence-corrected chi connectivity index (χ0v) is 9.54. The van der Waals surface area contributed by atoms with E-state index in [1.54, 1.807) is 0 Å². The largest absolute Gasteiger partial charge is 0.399 e. The molecule has 4 heteroatoms. The molecule has 2 aromatic heterocycles. The Bertz CT molecular complexity index is 748. The lowest BCUT2D eigenvalue weighted by molar-refractivity contribution is 1.16. The fourth-order valence-corrected chi connectivity index (χ4v) is 1.96. The third kappa shape index (κ3) is 1.50. The second-order valence-corrected chi connectivity index (χ2v) is 3.97. The van der Waals surface area contributed by atoms with Crippen molar-refractivity contribution in [2.75, 3.05) is 5.73 Å². The van der Waals surface area contributed by atoms with Gasteiger partial charge >= 0.3 is 0 Å². The summed E-state index contributed by atoms with van der Waals surface area (Å²) in [4.78, 5) is 4.37. The second-order valence-electron chi connectivity index (χ2n) is 3.97. The van der Waals surface area contributed by atoms with Crippen molar-refractivity contribution in [1.29, 1.82) is 5.26 Å². The summed E-state index contributed by atoms with van der Waals surface area (Å²) in [7, 11) is 0. The number of aromatic nitrogens is 2. The van der Waals surface area contributed by atoms with E-state index in [-0.39, 0.29) is 0 Å². The Labute approximate surface area is 104 Å². The van der Waals surface area contributed by atoms with Gasteiger partial charge in [0.2, 0.25) is 0 Å². The zero-order valence-electron chi connectivity index (χ0n) is 9.54. The number of nitriles is 1. The second kappa shape index (κ2) is 3.90. The van der Waals surface area contributed by atoms with Crippen LogP contribution in [-0.2, 0) is 0 Å². The van der Waals surface area contributed by atoms with Crippen LogP contribution < -0.4 is 5.73 Å². The molecular weight excluding hydrogens is 224 g/mol. The normalized spacial score (nSPS) is 10.4. The summed E-state index contributed by atoms with van der Waals surface area (Å²) in [5.74, 6) is 0.752. The van der Waals surface area contributed by atoms with E-state index in [9.17, 15) is 0 Å². The van der Waals surface area contributed by atoms with Gasteiger partial charge in [-0.15, -0.1) is 0 Å². The first kappa shape index (κ1) is 10.4. The van der Waals surface area contributed by atoms with Gasteiger partial charge in [-0.25, -0.2) is 4.98 Å². The summed E-state index contributed by atoms with van der Waals surface area (Å²) in [5.41, 5.74) is 8.56. The number of fused-ring (bicyclic) bond motifs is 1. The van der Waals surface area contributed by atoms with E-state index in [2.05, 4.69) is 11.1 Å². The number of nitrogen functional groups attached to an aromatic ring is 1. The molecule has 0 saturated carbocycles. The lowest BCUT2D eigenvalue weighted by atomic mass is 10.2. The summed E-state index contributed by atoms with van der Waals surface area (Å²) in [6, 6.07) is 15.3. The molecule has 0 radical (unpaired) electrons. The smallest absolute Gasteiger partial charge is 0.166 e. The van der Waals surface area contributed by atoms with Crippen LogP contribution in [0.1, 0.15) is 5.69 Å². The molecule has 0 saturated heterocycles. The number of rotatable bonds is 1. The lowest BCUT2D eigenvalue weighted by Gasteiger charge is -2.01. The average molecular weight is 234 g/mol. The van der Waals surface area contributed by atoms with Crippen molar-refractivity contribution in [2.45, 2.75) is 0 Å². The third-order valence-corrected chi connectivity index (χ3v) is 2.82. The van der Waals surface area contributed by atoms with Crippen LogP contribution in [-0.4, -0.2) is 9.38 Å². The fourth-order valence-electron chi connectivity index (χ4n) is 1.96. The summed E-state index contributed by atoms with van der Waals surface area (Å²) in [6.45, 7) is 0. The van der Waals surface area contributed by atoms with Gasteiger partial charge in [0.15, 0.2) is 5.69 Å². The first-order valence-corrected chi connectivity index (χ1v) is 5.52. The fraction of sp³-hybridized carbons (Fsp3) is 0. The van der Waals surface area contributed by atoms with E-state index >= 15 is 0 Å². The van der Waals surface area contributed by atoms with E-state index in [0.29, 0.717) is 11.4 Å². The van der Waals surface area contributed by atoms with Crippen molar-refractivity contribution in [3.8, 4) is 17.5 Å². The molecule has 2 heterocycles. The molecule has 2 N–H and O–H groups in total. The van der Waals surface area contributed by atoms with E-state index < -0.39 is 0 Å². The van der Waals surface area contributed by atoms with Crippen LogP contribution in [0.4, 0.5) is 5.69 Å². The van der Waals surface area contributed by atoms with Gasteiger partial charge < -0.3 is 5.73 Å². The molecule has 3 rings (SSSR count). The monoisotopic (exact) mass is 234 g/mol. The topological polar surface area (TPSA) is 67.1 Å². The number of hydrogen-bond acceptors (Lipinski definition) is 3. The molecule has 3 aromatic rings. The minimum atomic E-state index is 0.433. The van der Waals surface area contributed by atoms with Gasteiger partial charge in [-0.1, -0.05) is 6.07 Å². The Hall–Kier alpha value is -2.80. The van der Waals surface area contributed by atoms with E-state index in [4.69, 9.17) is 11.0 Å². The SMILES string of the molecule is N#Cc1nc(-c2ccc(N)cc2)n2ccccc12. The first-order chi connectivity index (χ1) is 8.79. The number of anilines is 1. The van der Waals surface area contributed by atoms with Crippen LogP contribution >= 0.6 is 0 Å². The van der Waals surface area contributed by atoms with E-state index in [1.165, 1.54) is 0 Å². The van der Waals surface area contributed by atoms with Crippen LogP contribution in [0.2, 0.25) is 0 Å². The zero-order chi connectivity index (χ0) is 12.5. The van der Waals surface area contributed by atoms with E-state index in [0.717, 1.165) is 16.9 Å². The molecular formula is C14H10N4. The van der Waals surface area contributed by atoms with Crippen molar-refractivity contribution < 1.29 is 0 Å². The highest BCUT2D eigenvalue weighted by Gasteiger charge is 2.11. The van der Waals surface area contributed by atoms with Crippen LogP contribution in [0.15, 0.2) is 48.7 Å². The van der Waals surface area contributed by atoms with Crippen molar-refractivity contribution in [3.05, 3.63) is 54.4 Å². The Morgan fingerprint density at radius 2 is 1.89 bits per heavy atom. The molecule has 4 nitrogen and oxygen atoms in total. The molecule has 86 valence electrons. The van der Waals surface area contributed by atoms with Crippen LogP contribution in [0.3, 0.4) is 0 Å². The number of pyridine rings is 1. The molecule has 0 atom stereocenters. The average Bonchev–Trinajstić information content (AvgIpc) is 2.79. The molecule has 0 aliphatic heterocycles. The van der Waals surface area contributed by atoms with Gasteiger partial charge in [0.25, 0.3) is 0 Å². The molecule has 18 heavy (non-hydrogen) atoms. The van der Waals surface area contributed by atoms with Gasteiger partial charge in [0.05, 0.1) is 5.52 Å². The number of imidazole rings is 1. The number of hydrogen-bond donors (Lipinski definition) is 1. The lowest BCUT2D eigenvalue weighted by Crippen LogP contribution is -1.89. The third-order valence-electron chi connectivity index (χ3n) is 2.82. The maximum Gasteiger partial charge on any atom is 0.166 e. The van der Waals surface area contributed by atoms with Crippen LogP contribution in [0.25, 0.3) is 16.9 Å². The Morgan fingerprint density at radius 1 is 1.11 bits per heavy atom. The number of nitrogens with zero attached hydrogens (tertiary/aromatic N) is 3. The molecule has 0 aliphatic carbocycles. The van der Waals surface area contributed by atoms with Gasteiger partial charge in [-0.2, -0.15) is 5.26 Å². The quantitative estimate of drug-likeness (QED) is 0.657.